The first-order valence-electron chi connectivity index (χ1n) is 6.43. The van der Waals surface area contributed by atoms with Crippen LogP contribution in [0.25, 0.3) is 0 Å². The van der Waals surface area contributed by atoms with Gasteiger partial charge < -0.3 is 11.5 Å². The van der Waals surface area contributed by atoms with E-state index in [-0.39, 0.29) is 24.1 Å². The summed E-state index contributed by atoms with van der Waals surface area (Å²) >= 11 is 0. The molecule has 1 fully saturated rings. The number of hydrogen-bond acceptors (Lipinski definition) is 5. The average Bonchev–Trinajstić information content (AvgIpc) is 2.71. The van der Waals surface area contributed by atoms with Crippen LogP contribution in [0, 0.1) is 0 Å². The third kappa shape index (κ3) is 3.71. The Bertz CT molecular complexity index is 601. The Morgan fingerprint density at radius 3 is 2.60 bits per heavy atom. The van der Waals surface area contributed by atoms with Gasteiger partial charge in [-0.1, -0.05) is 18.2 Å². The highest BCUT2D eigenvalue weighted by molar-refractivity contribution is 7.91. The minimum Gasteiger partial charge on any atom is -0.398 e. The van der Waals surface area contributed by atoms with Crippen LogP contribution in [-0.4, -0.2) is 43.3 Å². The van der Waals surface area contributed by atoms with Crippen molar-refractivity contribution < 1.29 is 13.2 Å². The molecule has 1 unspecified atom stereocenters. The van der Waals surface area contributed by atoms with Crippen molar-refractivity contribution in [2.24, 2.45) is 5.73 Å². The third-order valence-electron chi connectivity index (χ3n) is 3.51. The van der Waals surface area contributed by atoms with E-state index in [1.165, 1.54) is 0 Å². The Hall–Kier alpha value is -1.60. The van der Waals surface area contributed by atoms with Gasteiger partial charge in [0.2, 0.25) is 5.91 Å². The average molecular weight is 297 g/mol. The molecule has 1 aliphatic rings. The predicted molar refractivity (Wildman–Crippen MR) is 77.5 cm³/mol. The molecular weight excluding hydrogens is 278 g/mol. The van der Waals surface area contributed by atoms with E-state index >= 15 is 0 Å². The van der Waals surface area contributed by atoms with Crippen LogP contribution in [0.2, 0.25) is 0 Å². The number of sulfone groups is 1. The van der Waals surface area contributed by atoms with E-state index in [1.807, 2.05) is 18.2 Å². The highest BCUT2D eigenvalue weighted by atomic mass is 32.2. The maximum absolute atomic E-state index is 11.6. The first kappa shape index (κ1) is 14.8. The lowest BCUT2D eigenvalue weighted by Crippen LogP contribution is -2.41. The monoisotopic (exact) mass is 297 g/mol. The number of nitrogens with zero attached hydrogens (tertiary/aromatic N) is 1. The molecule has 0 aliphatic carbocycles. The molecule has 20 heavy (non-hydrogen) atoms. The summed E-state index contributed by atoms with van der Waals surface area (Å²) in [6.45, 7) is 0.463. The number of carbonyl (C=O) groups is 1. The molecule has 0 radical (unpaired) electrons. The Balaban J connectivity index is 2.16. The number of carbonyl (C=O) groups excluding carboxylic acids is 1. The van der Waals surface area contributed by atoms with E-state index in [1.54, 1.807) is 11.0 Å². The molecule has 7 heteroatoms. The van der Waals surface area contributed by atoms with Crippen LogP contribution in [-0.2, 0) is 21.2 Å². The molecule has 1 atom stereocenters. The van der Waals surface area contributed by atoms with Gasteiger partial charge >= 0.3 is 0 Å². The summed E-state index contributed by atoms with van der Waals surface area (Å²) in [5.41, 5.74) is 12.7. The summed E-state index contributed by atoms with van der Waals surface area (Å²) in [7, 11) is -3.00. The van der Waals surface area contributed by atoms with Crippen molar-refractivity contribution >= 4 is 21.4 Å². The largest absolute Gasteiger partial charge is 0.398 e. The lowest BCUT2D eigenvalue weighted by atomic mass is 10.1. The molecule has 0 saturated carbocycles. The second kappa shape index (κ2) is 5.80. The van der Waals surface area contributed by atoms with Gasteiger partial charge in [0.15, 0.2) is 9.84 Å². The van der Waals surface area contributed by atoms with Crippen LogP contribution in [0.5, 0.6) is 0 Å². The number of nitrogen functional groups attached to an aromatic ring is 1. The maximum atomic E-state index is 11.6. The summed E-state index contributed by atoms with van der Waals surface area (Å²) < 4.78 is 23.2. The number of nitrogens with two attached hydrogens (primary N) is 2. The van der Waals surface area contributed by atoms with Crippen molar-refractivity contribution in [2.75, 3.05) is 23.8 Å². The summed E-state index contributed by atoms with van der Waals surface area (Å²) in [5, 5.41) is 0. The standard InChI is InChI=1S/C13H19N3O3S/c14-12-4-2-1-3-10(12)7-16(8-13(15)17)11-5-6-20(18,19)9-11/h1-4,11H,5-9,14H2,(H2,15,17). The highest BCUT2D eigenvalue weighted by Crippen LogP contribution is 2.21. The van der Waals surface area contributed by atoms with Crippen molar-refractivity contribution in [3.63, 3.8) is 0 Å². The zero-order valence-electron chi connectivity index (χ0n) is 11.2. The van der Waals surface area contributed by atoms with Gasteiger partial charge in [-0.05, 0) is 18.1 Å². The Morgan fingerprint density at radius 2 is 2.05 bits per heavy atom. The minimum absolute atomic E-state index is 0.0362. The van der Waals surface area contributed by atoms with E-state index in [0.29, 0.717) is 18.7 Å². The van der Waals surface area contributed by atoms with Gasteiger partial charge in [-0.15, -0.1) is 0 Å². The van der Waals surface area contributed by atoms with Crippen LogP contribution >= 0.6 is 0 Å². The van der Waals surface area contributed by atoms with Crippen molar-refractivity contribution in [3.8, 4) is 0 Å². The Kier molecular flexibility index (Phi) is 4.29. The molecule has 0 spiro atoms. The van der Waals surface area contributed by atoms with Gasteiger partial charge in [0.05, 0.1) is 18.1 Å². The van der Waals surface area contributed by atoms with Crippen LogP contribution in [0.15, 0.2) is 24.3 Å². The Labute approximate surface area is 118 Å². The fourth-order valence-electron chi connectivity index (χ4n) is 2.47. The van der Waals surface area contributed by atoms with Crippen LogP contribution in [0.3, 0.4) is 0 Å². The molecule has 0 aromatic heterocycles. The van der Waals surface area contributed by atoms with Gasteiger partial charge in [-0.2, -0.15) is 0 Å². The van der Waals surface area contributed by atoms with Crippen LogP contribution in [0.1, 0.15) is 12.0 Å². The fraction of sp³-hybridized carbons (Fsp3) is 0.462. The second-order valence-electron chi connectivity index (χ2n) is 5.13. The highest BCUT2D eigenvalue weighted by Gasteiger charge is 2.32. The van der Waals surface area contributed by atoms with Gasteiger partial charge in [-0.3, -0.25) is 9.69 Å². The number of amides is 1. The second-order valence-corrected chi connectivity index (χ2v) is 7.36. The molecular formula is C13H19N3O3S. The number of rotatable bonds is 5. The molecule has 1 saturated heterocycles. The molecule has 4 N–H and O–H groups in total. The molecule has 1 aromatic rings. The van der Waals surface area contributed by atoms with E-state index in [9.17, 15) is 13.2 Å². The minimum atomic E-state index is -3.00. The van der Waals surface area contributed by atoms with E-state index in [4.69, 9.17) is 11.5 Å². The topological polar surface area (TPSA) is 106 Å². The zero-order valence-corrected chi connectivity index (χ0v) is 12.0. The number of para-hydroxylation sites is 1. The quantitative estimate of drug-likeness (QED) is 0.728. The molecule has 6 nitrogen and oxygen atoms in total. The normalized spacial score (nSPS) is 21.1. The summed E-state index contributed by atoms with van der Waals surface area (Å²) in [6.07, 6.45) is 0.530. The molecule has 110 valence electrons. The van der Waals surface area contributed by atoms with Crippen molar-refractivity contribution in [2.45, 2.75) is 19.0 Å². The van der Waals surface area contributed by atoms with Crippen molar-refractivity contribution in [3.05, 3.63) is 29.8 Å². The van der Waals surface area contributed by atoms with Gasteiger partial charge in [0, 0.05) is 18.3 Å². The number of benzene rings is 1. The van der Waals surface area contributed by atoms with Crippen LogP contribution < -0.4 is 11.5 Å². The van der Waals surface area contributed by atoms with Crippen molar-refractivity contribution in [1.82, 2.24) is 4.90 Å². The van der Waals surface area contributed by atoms with Crippen LogP contribution in [0.4, 0.5) is 5.69 Å². The molecule has 1 aromatic carbocycles. The first-order chi connectivity index (χ1) is 9.37. The SMILES string of the molecule is NC(=O)CN(Cc1ccccc1N)C1CCS(=O)(=O)C1. The molecule has 0 bridgehead atoms. The number of primary amides is 1. The summed E-state index contributed by atoms with van der Waals surface area (Å²) in [6, 6.07) is 7.17. The molecule has 2 rings (SSSR count). The van der Waals surface area contributed by atoms with Gasteiger partial charge in [-0.25, -0.2) is 8.42 Å². The maximum Gasteiger partial charge on any atom is 0.231 e. The smallest absolute Gasteiger partial charge is 0.231 e. The molecule has 1 aliphatic heterocycles. The lowest BCUT2D eigenvalue weighted by Gasteiger charge is -2.27. The van der Waals surface area contributed by atoms with Crippen molar-refractivity contribution in [1.29, 1.82) is 0 Å². The number of anilines is 1. The van der Waals surface area contributed by atoms with E-state index < -0.39 is 15.7 Å². The lowest BCUT2D eigenvalue weighted by molar-refractivity contribution is -0.119. The molecule has 1 heterocycles. The zero-order chi connectivity index (χ0) is 14.8. The summed E-state index contributed by atoms with van der Waals surface area (Å²) in [4.78, 5) is 13.0. The number of hydrogen-bond donors (Lipinski definition) is 2. The fourth-order valence-corrected chi connectivity index (χ4v) is 4.24. The summed E-state index contributed by atoms with van der Waals surface area (Å²) in [5.74, 6) is -0.228. The Morgan fingerprint density at radius 1 is 1.35 bits per heavy atom. The predicted octanol–water partition coefficient (Wildman–Crippen LogP) is -0.257. The van der Waals surface area contributed by atoms with Gasteiger partial charge in [0.1, 0.15) is 0 Å². The molecule has 1 amide bonds. The third-order valence-corrected chi connectivity index (χ3v) is 5.26. The first-order valence-corrected chi connectivity index (χ1v) is 8.26. The van der Waals surface area contributed by atoms with E-state index in [0.717, 1.165) is 5.56 Å². The van der Waals surface area contributed by atoms with E-state index in [2.05, 4.69) is 0 Å². The van der Waals surface area contributed by atoms with Gasteiger partial charge in [0.25, 0.3) is 0 Å².